The summed E-state index contributed by atoms with van der Waals surface area (Å²) in [6, 6.07) is 14.3. The molecule has 1 aromatic heterocycles. The topological polar surface area (TPSA) is 124 Å². The van der Waals surface area contributed by atoms with Crippen molar-refractivity contribution in [2.75, 3.05) is 13.1 Å². The molecule has 2 heterocycles. The first-order valence-electron chi connectivity index (χ1n) is 17.7. The molecule has 2 aromatic rings. The minimum Gasteiger partial charge on any atom is -0.392 e. The van der Waals surface area contributed by atoms with E-state index in [2.05, 4.69) is 25.8 Å². The third-order valence-corrected chi connectivity index (χ3v) is 9.96. The number of amides is 3. The molecule has 1 saturated carbocycles. The number of carbonyl (C=O) groups is 3. The van der Waals surface area contributed by atoms with Crippen LogP contribution in [0.15, 0.2) is 54.7 Å². The normalized spacial score (nSPS) is 22.6. The van der Waals surface area contributed by atoms with Crippen molar-refractivity contribution in [3.8, 4) is 0 Å². The van der Waals surface area contributed by atoms with Crippen LogP contribution in [0.4, 0.5) is 0 Å². The summed E-state index contributed by atoms with van der Waals surface area (Å²) in [7, 11) is 0. The number of pyridine rings is 1. The number of rotatable bonds is 14. The van der Waals surface area contributed by atoms with Crippen LogP contribution in [0.2, 0.25) is 0 Å². The fourth-order valence-corrected chi connectivity index (χ4v) is 7.25. The highest BCUT2D eigenvalue weighted by atomic mass is 16.3. The smallest absolute Gasteiger partial charge is 0.243 e. The van der Waals surface area contributed by atoms with Gasteiger partial charge in [-0.25, -0.2) is 0 Å². The number of aliphatic hydroxyl groups is 1. The highest BCUT2D eigenvalue weighted by Crippen LogP contribution is 2.39. The summed E-state index contributed by atoms with van der Waals surface area (Å²) in [6.45, 7) is 11.3. The summed E-state index contributed by atoms with van der Waals surface area (Å²) in [5.41, 5.74) is 1.39. The van der Waals surface area contributed by atoms with Gasteiger partial charge in [0.15, 0.2) is 0 Å². The van der Waals surface area contributed by atoms with Crippen LogP contribution in [0.3, 0.4) is 0 Å². The number of benzene rings is 1. The molecule has 258 valence electrons. The number of hydrogen-bond acceptors (Lipinski definition) is 6. The fourth-order valence-electron chi connectivity index (χ4n) is 7.25. The van der Waals surface area contributed by atoms with Crippen molar-refractivity contribution < 1.29 is 19.5 Å². The Bertz CT molecular complexity index is 1280. The van der Waals surface area contributed by atoms with Crippen LogP contribution in [0.25, 0.3) is 0 Å². The van der Waals surface area contributed by atoms with Crippen molar-refractivity contribution in [3.05, 3.63) is 66.0 Å². The Balaban J connectivity index is 1.48. The molecule has 0 spiro atoms. The molecule has 0 bridgehead atoms. The van der Waals surface area contributed by atoms with Crippen LogP contribution in [-0.2, 0) is 27.3 Å². The van der Waals surface area contributed by atoms with Crippen LogP contribution in [0, 0.1) is 23.7 Å². The first kappa shape index (κ1) is 36.5. The van der Waals surface area contributed by atoms with Crippen molar-refractivity contribution in [2.45, 2.75) is 116 Å². The lowest BCUT2D eigenvalue weighted by Gasteiger charge is -2.46. The minimum absolute atomic E-state index is 0.0143. The summed E-state index contributed by atoms with van der Waals surface area (Å²) in [6.07, 6.45) is 7.78. The molecule has 4 rings (SSSR count). The third kappa shape index (κ3) is 11.1. The number of aromatic nitrogens is 1. The zero-order valence-corrected chi connectivity index (χ0v) is 29.1. The largest absolute Gasteiger partial charge is 0.392 e. The van der Waals surface area contributed by atoms with Gasteiger partial charge in [0.05, 0.1) is 24.4 Å². The predicted octanol–water partition coefficient (Wildman–Crippen LogP) is 4.63. The van der Waals surface area contributed by atoms with Gasteiger partial charge in [0.1, 0.15) is 6.04 Å². The van der Waals surface area contributed by atoms with Gasteiger partial charge in [-0.3, -0.25) is 24.3 Å². The van der Waals surface area contributed by atoms with E-state index in [1.54, 1.807) is 6.20 Å². The van der Waals surface area contributed by atoms with E-state index in [0.717, 1.165) is 37.1 Å². The maximum Gasteiger partial charge on any atom is 0.243 e. The quantitative estimate of drug-likeness (QED) is 0.237. The second kappa shape index (κ2) is 17.2. The molecule has 3 amide bonds. The second-order valence-electron chi connectivity index (χ2n) is 14.9. The molecule has 1 unspecified atom stereocenters. The van der Waals surface area contributed by atoms with Crippen LogP contribution in [0.5, 0.6) is 0 Å². The van der Waals surface area contributed by atoms with Crippen LogP contribution in [0.1, 0.15) is 90.8 Å². The maximum atomic E-state index is 14.0. The summed E-state index contributed by atoms with van der Waals surface area (Å²) in [5.74, 6) is -0.0785. The molecule has 9 heteroatoms. The lowest BCUT2D eigenvalue weighted by atomic mass is 9.72. The highest BCUT2D eigenvalue weighted by Gasteiger charge is 2.41. The SMILES string of the molecule is CC[C@H](C)[C@H](NC(=O)[C@H](Cc1ccccc1)CC(O)CN1C[C@H]2CCCC[C@H]2C[C@H]1C(=O)NC(C)(C)C)C(=O)NCc1ccccn1. The first-order valence-corrected chi connectivity index (χ1v) is 17.7. The van der Waals surface area contributed by atoms with Gasteiger partial charge in [-0.05, 0) is 81.9 Å². The molecule has 7 atom stereocenters. The first-order chi connectivity index (χ1) is 22.4. The number of likely N-dealkylation sites (tertiary alicyclic amines) is 1. The number of hydrogen-bond donors (Lipinski definition) is 4. The van der Waals surface area contributed by atoms with Crippen LogP contribution in [-0.4, -0.2) is 69.5 Å². The summed E-state index contributed by atoms with van der Waals surface area (Å²) >= 11 is 0. The van der Waals surface area contributed by atoms with Crippen LogP contribution >= 0.6 is 0 Å². The minimum atomic E-state index is -0.820. The van der Waals surface area contributed by atoms with Crippen molar-refractivity contribution in [1.82, 2.24) is 25.8 Å². The Hall–Kier alpha value is -3.30. The van der Waals surface area contributed by atoms with Gasteiger partial charge >= 0.3 is 0 Å². The Morgan fingerprint density at radius 1 is 1.00 bits per heavy atom. The summed E-state index contributed by atoms with van der Waals surface area (Å²) in [4.78, 5) is 47.4. The predicted molar refractivity (Wildman–Crippen MR) is 185 cm³/mol. The van der Waals surface area contributed by atoms with Crippen molar-refractivity contribution in [3.63, 3.8) is 0 Å². The molecular weight excluding hydrogens is 590 g/mol. The van der Waals surface area contributed by atoms with Crippen LogP contribution < -0.4 is 16.0 Å². The fraction of sp³-hybridized carbons (Fsp3) is 0.632. The van der Waals surface area contributed by atoms with E-state index in [0.29, 0.717) is 31.2 Å². The van der Waals surface area contributed by atoms with Gasteiger partial charge in [0.2, 0.25) is 17.7 Å². The maximum absolute atomic E-state index is 14.0. The molecule has 1 saturated heterocycles. The zero-order valence-electron chi connectivity index (χ0n) is 29.1. The Morgan fingerprint density at radius 3 is 2.36 bits per heavy atom. The molecule has 4 N–H and O–H groups in total. The molecule has 1 aliphatic carbocycles. The Labute approximate surface area is 281 Å². The van der Waals surface area contributed by atoms with E-state index in [-0.39, 0.29) is 48.2 Å². The Morgan fingerprint density at radius 2 is 1.70 bits per heavy atom. The molecule has 2 aliphatic rings. The van der Waals surface area contributed by atoms with Gasteiger partial charge in [0.25, 0.3) is 0 Å². The number of fused-ring (bicyclic) bond motifs is 1. The molecule has 2 fully saturated rings. The standard InChI is InChI=1S/C38H57N5O4/c1-6-26(2)34(37(47)40-23-31-18-12-13-19-39-31)41-35(45)30(20-27-14-8-7-9-15-27)21-32(44)25-43-24-29-17-11-10-16-28(29)22-33(43)36(46)42-38(3,4)5/h7-9,12-15,18-19,26,28-30,32-34,44H,6,10-11,16-17,20-25H2,1-5H3,(H,40,47)(H,41,45)(H,42,46)/t26-,28-,29+,30+,32?,33-,34-/m0/s1. The number of piperidine rings is 1. The molecule has 47 heavy (non-hydrogen) atoms. The Kier molecular flexibility index (Phi) is 13.4. The highest BCUT2D eigenvalue weighted by molar-refractivity contribution is 5.89. The monoisotopic (exact) mass is 647 g/mol. The molecular formula is C38H57N5O4. The van der Waals surface area contributed by atoms with Crippen molar-refractivity contribution >= 4 is 17.7 Å². The average Bonchev–Trinajstić information content (AvgIpc) is 3.05. The zero-order chi connectivity index (χ0) is 34.0. The molecule has 0 radical (unpaired) electrons. The molecule has 9 nitrogen and oxygen atoms in total. The molecule has 1 aromatic carbocycles. The molecule has 1 aliphatic heterocycles. The lowest BCUT2D eigenvalue weighted by Crippen LogP contribution is -2.58. The summed E-state index contributed by atoms with van der Waals surface area (Å²) < 4.78 is 0. The third-order valence-electron chi connectivity index (χ3n) is 9.96. The van der Waals surface area contributed by atoms with Gasteiger partial charge in [0, 0.05) is 30.7 Å². The number of nitrogens with one attached hydrogen (secondary N) is 3. The van der Waals surface area contributed by atoms with E-state index in [9.17, 15) is 19.5 Å². The number of nitrogens with zero attached hydrogens (tertiary/aromatic N) is 2. The van der Waals surface area contributed by atoms with Crippen molar-refractivity contribution in [1.29, 1.82) is 0 Å². The van der Waals surface area contributed by atoms with Gasteiger partial charge < -0.3 is 21.1 Å². The van der Waals surface area contributed by atoms with Gasteiger partial charge in [-0.1, -0.05) is 75.9 Å². The van der Waals surface area contributed by atoms with Gasteiger partial charge in [-0.2, -0.15) is 0 Å². The second-order valence-corrected chi connectivity index (χ2v) is 14.9. The van der Waals surface area contributed by atoms with E-state index in [1.165, 1.54) is 12.8 Å². The number of β-amino-alcohol motifs (C(OH)–C–C–N with tert-alkyl or cyclic N) is 1. The van der Waals surface area contributed by atoms with E-state index in [4.69, 9.17) is 0 Å². The van der Waals surface area contributed by atoms with E-state index < -0.39 is 18.1 Å². The number of aliphatic hydroxyl groups excluding tert-OH is 1. The average molecular weight is 648 g/mol. The lowest BCUT2D eigenvalue weighted by molar-refractivity contribution is -0.134. The van der Waals surface area contributed by atoms with E-state index in [1.807, 2.05) is 83.1 Å². The number of carbonyl (C=O) groups excluding carboxylic acids is 3. The van der Waals surface area contributed by atoms with E-state index >= 15 is 0 Å². The summed E-state index contributed by atoms with van der Waals surface area (Å²) in [5, 5.41) is 20.8. The van der Waals surface area contributed by atoms with Gasteiger partial charge in [-0.15, -0.1) is 0 Å². The van der Waals surface area contributed by atoms with Crippen molar-refractivity contribution in [2.24, 2.45) is 23.7 Å².